The van der Waals surface area contributed by atoms with Crippen LogP contribution in [0.2, 0.25) is 0 Å². The molecule has 2 aliphatic carbocycles. The van der Waals surface area contributed by atoms with E-state index in [0.717, 1.165) is 19.3 Å². The molecule has 0 saturated heterocycles. The summed E-state index contributed by atoms with van der Waals surface area (Å²) in [5.74, 6) is 0.157. The van der Waals surface area contributed by atoms with Crippen LogP contribution in [0.4, 0.5) is 0 Å². The number of fused-ring (bicyclic) bond motifs is 2. The molecule has 4 nitrogen and oxygen atoms in total. The Morgan fingerprint density at radius 1 is 1.00 bits per heavy atom. The minimum atomic E-state index is -0.313. The smallest absolute Gasteiger partial charge is 0.333 e. The van der Waals surface area contributed by atoms with Crippen molar-refractivity contribution in [2.75, 3.05) is 0 Å². The van der Waals surface area contributed by atoms with Gasteiger partial charge in [0.25, 0.3) is 0 Å². The van der Waals surface area contributed by atoms with Gasteiger partial charge in [-0.25, -0.2) is 4.79 Å². The standard InChI is InChI=1S/C13H18O4/c1-7(2)13(15)17-12-6-9-4-10(12)5-11(9)16-8(3)14/h9-12H,1,4-6H2,2-3H3/t9?,10-,11?,12?/m0/s1. The van der Waals surface area contributed by atoms with Gasteiger partial charge in [0.15, 0.2) is 0 Å². The van der Waals surface area contributed by atoms with Crippen molar-refractivity contribution in [1.82, 2.24) is 0 Å². The Balaban J connectivity index is 1.87. The lowest BCUT2D eigenvalue weighted by Crippen LogP contribution is -2.31. The minimum absolute atomic E-state index is 0.0176. The zero-order chi connectivity index (χ0) is 12.6. The van der Waals surface area contributed by atoms with E-state index < -0.39 is 0 Å². The first-order chi connectivity index (χ1) is 7.97. The summed E-state index contributed by atoms with van der Waals surface area (Å²) in [5, 5.41) is 0. The van der Waals surface area contributed by atoms with E-state index in [0.29, 0.717) is 17.4 Å². The Morgan fingerprint density at radius 2 is 1.53 bits per heavy atom. The molecule has 4 atom stereocenters. The van der Waals surface area contributed by atoms with Crippen molar-refractivity contribution in [2.45, 2.75) is 45.3 Å². The van der Waals surface area contributed by atoms with E-state index in [1.165, 1.54) is 6.92 Å². The molecule has 0 aromatic carbocycles. The van der Waals surface area contributed by atoms with E-state index in [-0.39, 0.29) is 24.1 Å². The van der Waals surface area contributed by atoms with Crippen LogP contribution in [-0.4, -0.2) is 24.1 Å². The quantitative estimate of drug-likeness (QED) is 0.556. The SMILES string of the molecule is C=C(C)C(=O)OC1CC2C[C@H]1CC2OC(C)=O. The minimum Gasteiger partial charge on any atom is -0.462 e. The van der Waals surface area contributed by atoms with Gasteiger partial charge in [-0.15, -0.1) is 0 Å². The predicted molar refractivity (Wildman–Crippen MR) is 61.1 cm³/mol. The average molecular weight is 238 g/mol. The van der Waals surface area contributed by atoms with E-state index in [2.05, 4.69) is 6.58 Å². The molecular formula is C13H18O4. The van der Waals surface area contributed by atoms with E-state index in [1.54, 1.807) is 6.92 Å². The molecule has 0 heterocycles. The van der Waals surface area contributed by atoms with E-state index in [4.69, 9.17) is 9.47 Å². The maximum absolute atomic E-state index is 11.4. The molecule has 2 rings (SSSR count). The third-order valence-corrected chi connectivity index (χ3v) is 3.65. The van der Waals surface area contributed by atoms with Crippen LogP contribution >= 0.6 is 0 Å². The summed E-state index contributed by atoms with van der Waals surface area (Å²) in [6.45, 7) is 6.65. The van der Waals surface area contributed by atoms with Gasteiger partial charge in [0, 0.05) is 12.5 Å². The van der Waals surface area contributed by atoms with Crippen molar-refractivity contribution in [3.8, 4) is 0 Å². The Kier molecular flexibility index (Phi) is 3.22. The molecule has 3 unspecified atom stereocenters. The van der Waals surface area contributed by atoms with Crippen molar-refractivity contribution >= 4 is 11.9 Å². The Labute approximate surface area is 101 Å². The highest BCUT2D eigenvalue weighted by atomic mass is 16.6. The number of rotatable bonds is 3. The normalized spacial score (nSPS) is 34.5. The van der Waals surface area contributed by atoms with Gasteiger partial charge in [0.2, 0.25) is 0 Å². The van der Waals surface area contributed by atoms with Crippen LogP contribution in [0.3, 0.4) is 0 Å². The fourth-order valence-electron chi connectivity index (χ4n) is 2.91. The first kappa shape index (κ1) is 12.1. The molecular weight excluding hydrogens is 220 g/mol. The third-order valence-electron chi connectivity index (χ3n) is 3.65. The molecule has 0 spiro atoms. The maximum atomic E-state index is 11.4. The summed E-state index contributed by atoms with van der Waals surface area (Å²) >= 11 is 0. The van der Waals surface area contributed by atoms with E-state index in [9.17, 15) is 9.59 Å². The zero-order valence-electron chi connectivity index (χ0n) is 10.3. The number of esters is 2. The summed E-state index contributed by atoms with van der Waals surface area (Å²) in [6.07, 6.45) is 2.62. The zero-order valence-corrected chi connectivity index (χ0v) is 10.3. The monoisotopic (exact) mass is 238 g/mol. The molecule has 2 aliphatic rings. The maximum Gasteiger partial charge on any atom is 0.333 e. The van der Waals surface area contributed by atoms with Gasteiger partial charge in [-0.2, -0.15) is 0 Å². The fourth-order valence-corrected chi connectivity index (χ4v) is 2.91. The molecule has 0 aromatic rings. The van der Waals surface area contributed by atoms with Crippen molar-refractivity contribution in [3.05, 3.63) is 12.2 Å². The Bertz CT molecular complexity index is 360. The molecule has 4 heteroatoms. The first-order valence-electron chi connectivity index (χ1n) is 6.01. The molecule has 94 valence electrons. The van der Waals surface area contributed by atoms with Gasteiger partial charge in [0.05, 0.1) is 0 Å². The van der Waals surface area contributed by atoms with Crippen LogP contribution in [0.5, 0.6) is 0 Å². The van der Waals surface area contributed by atoms with Crippen molar-refractivity contribution in [2.24, 2.45) is 11.8 Å². The second kappa shape index (κ2) is 4.51. The van der Waals surface area contributed by atoms with Crippen LogP contribution in [-0.2, 0) is 19.1 Å². The summed E-state index contributed by atoms with van der Waals surface area (Å²) in [7, 11) is 0. The van der Waals surface area contributed by atoms with E-state index >= 15 is 0 Å². The summed E-state index contributed by atoms with van der Waals surface area (Å²) in [5.41, 5.74) is 0.435. The van der Waals surface area contributed by atoms with Gasteiger partial charge in [-0.1, -0.05) is 6.58 Å². The highest BCUT2D eigenvalue weighted by molar-refractivity contribution is 5.87. The summed E-state index contributed by atoms with van der Waals surface area (Å²) < 4.78 is 10.6. The largest absolute Gasteiger partial charge is 0.462 e. The van der Waals surface area contributed by atoms with Crippen LogP contribution in [0.1, 0.15) is 33.1 Å². The Hall–Kier alpha value is -1.32. The second-order valence-corrected chi connectivity index (χ2v) is 5.10. The van der Waals surface area contributed by atoms with Crippen LogP contribution < -0.4 is 0 Å². The number of carbonyl (C=O) groups is 2. The van der Waals surface area contributed by atoms with Gasteiger partial charge in [-0.3, -0.25) is 4.79 Å². The molecule has 2 bridgehead atoms. The third kappa shape index (κ3) is 2.51. The number of hydrogen-bond acceptors (Lipinski definition) is 4. The molecule has 0 aromatic heterocycles. The van der Waals surface area contributed by atoms with E-state index in [1.807, 2.05) is 0 Å². The lowest BCUT2D eigenvalue weighted by Gasteiger charge is -2.27. The highest BCUT2D eigenvalue weighted by Crippen LogP contribution is 2.47. The number of ether oxygens (including phenoxy) is 2. The Morgan fingerprint density at radius 3 is 1.94 bits per heavy atom. The first-order valence-corrected chi connectivity index (χ1v) is 6.01. The molecule has 2 fully saturated rings. The molecule has 0 amide bonds. The van der Waals surface area contributed by atoms with Gasteiger partial charge in [-0.05, 0) is 38.0 Å². The molecule has 2 saturated carbocycles. The van der Waals surface area contributed by atoms with Crippen LogP contribution in [0, 0.1) is 11.8 Å². The van der Waals surface area contributed by atoms with Gasteiger partial charge < -0.3 is 9.47 Å². The topological polar surface area (TPSA) is 52.6 Å². The number of carbonyl (C=O) groups excluding carboxylic acids is 2. The molecule has 0 aliphatic heterocycles. The summed E-state index contributed by atoms with van der Waals surface area (Å²) in [6, 6.07) is 0. The lowest BCUT2D eigenvalue weighted by atomic mass is 9.95. The average Bonchev–Trinajstić information content (AvgIpc) is 2.75. The molecule has 0 N–H and O–H groups in total. The molecule has 17 heavy (non-hydrogen) atoms. The number of hydrogen-bond donors (Lipinski definition) is 0. The van der Waals surface area contributed by atoms with Gasteiger partial charge >= 0.3 is 11.9 Å². The van der Waals surface area contributed by atoms with Crippen molar-refractivity contribution < 1.29 is 19.1 Å². The fraction of sp³-hybridized carbons (Fsp3) is 0.692. The van der Waals surface area contributed by atoms with Gasteiger partial charge in [0.1, 0.15) is 12.2 Å². The highest BCUT2D eigenvalue weighted by Gasteiger charge is 2.49. The predicted octanol–water partition coefficient (Wildman–Crippen LogP) is 1.84. The van der Waals surface area contributed by atoms with Crippen LogP contribution in [0.25, 0.3) is 0 Å². The van der Waals surface area contributed by atoms with Crippen LogP contribution in [0.15, 0.2) is 12.2 Å². The second-order valence-electron chi connectivity index (χ2n) is 5.10. The van der Waals surface area contributed by atoms with Crippen molar-refractivity contribution in [1.29, 1.82) is 0 Å². The lowest BCUT2D eigenvalue weighted by molar-refractivity contribution is -0.155. The summed E-state index contributed by atoms with van der Waals surface area (Å²) in [4.78, 5) is 22.3. The molecule has 0 radical (unpaired) electrons. The van der Waals surface area contributed by atoms with Crippen molar-refractivity contribution in [3.63, 3.8) is 0 Å².